The highest BCUT2D eigenvalue weighted by Gasteiger charge is 2.10. The van der Waals surface area contributed by atoms with Crippen molar-refractivity contribution in [2.45, 2.75) is 13.0 Å². The second-order valence-electron chi connectivity index (χ2n) is 3.35. The zero-order valence-electron chi connectivity index (χ0n) is 8.36. The van der Waals surface area contributed by atoms with Gasteiger partial charge in [-0.15, -0.1) is 0 Å². The molecule has 0 aliphatic rings. The van der Waals surface area contributed by atoms with Gasteiger partial charge in [0, 0.05) is 6.20 Å². The maximum atomic E-state index is 5.83. The lowest BCUT2D eigenvalue weighted by Gasteiger charge is -2.09. The summed E-state index contributed by atoms with van der Waals surface area (Å²) in [5, 5.41) is 3.15. The van der Waals surface area contributed by atoms with Gasteiger partial charge < -0.3 is 15.5 Å². The number of anilines is 1. The first-order chi connectivity index (χ1) is 6.74. The van der Waals surface area contributed by atoms with Gasteiger partial charge in [0.2, 0.25) is 0 Å². The van der Waals surface area contributed by atoms with E-state index in [1.54, 1.807) is 6.20 Å². The van der Waals surface area contributed by atoms with Crippen LogP contribution in [0.1, 0.15) is 18.8 Å². The molecule has 0 bridgehead atoms. The Hall–Kier alpha value is -1.55. The molecule has 0 saturated heterocycles. The van der Waals surface area contributed by atoms with Crippen molar-refractivity contribution in [3.05, 3.63) is 30.4 Å². The van der Waals surface area contributed by atoms with E-state index in [0.717, 1.165) is 17.0 Å². The summed E-state index contributed by atoms with van der Waals surface area (Å²) in [6.07, 6.45) is 3.78. The van der Waals surface area contributed by atoms with E-state index in [1.165, 1.54) is 0 Å². The standard InChI is InChI=1S/C10H14N4/c1-7(12-2)10-13-6-9-8(11)4-3-5-14(9)10/h3-7,12H,11H2,1-2H3. The summed E-state index contributed by atoms with van der Waals surface area (Å²) in [7, 11) is 1.91. The Bertz CT molecular complexity index is 446. The summed E-state index contributed by atoms with van der Waals surface area (Å²) in [4.78, 5) is 4.35. The zero-order valence-corrected chi connectivity index (χ0v) is 8.36. The highest BCUT2D eigenvalue weighted by Crippen LogP contribution is 2.17. The molecule has 0 saturated carbocycles. The first kappa shape index (κ1) is 9.02. The first-order valence-corrected chi connectivity index (χ1v) is 4.62. The molecule has 14 heavy (non-hydrogen) atoms. The molecule has 4 heteroatoms. The predicted octanol–water partition coefficient (Wildman–Crippen LogP) is 1.20. The molecule has 74 valence electrons. The maximum Gasteiger partial charge on any atom is 0.130 e. The van der Waals surface area contributed by atoms with Crippen molar-refractivity contribution >= 4 is 11.2 Å². The maximum absolute atomic E-state index is 5.83. The second kappa shape index (κ2) is 3.31. The lowest BCUT2D eigenvalue weighted by atomic mass is 10.3. The zero-order chi connectivity index (χ0) is 10.1. The third-order valence-electron chi connectivity index (χ3n) is 2.45. The molecule has 2 rings (SSSR count). The molecule has 0 aliphatic heterocycles. The molecule has 1 atom stereocenters. The van der Waals surface area contributed by atoms with E-state index in [4.69, 9.17) is 5.73 Å². The molecule has 2 aromatic heterocycles. The predicted molar refractivity (Wildman–Crippen MR) is 57.1 cm³/mol. The Balaban J connectivity index is 2.63. The molecule has 0 radical (unpaired) electrons. The van der Waals surface area contributed by atoms with Gasteiger partial charge >= 0.3 is 0 Å². The van der Waals surface area contributed by atoms with Crippen LogP contribution >= 0.6 is 0 Å². The molecular weight excluding hydrogens is 176 g/mol. The topological polar surface area (TPSA) is 55.3 Å². The minimum Gasteiger partial charge on any atom is -0.397 e. The summed E-state index contributed by atoms with van der Waals surface area (Å²) < 4.78 is 2.01. The molecule has 2 aromatic rings. The number of aromatic nitrogens is 2. The lowest BCUT2D eigenvalue weighted by molar-refractivity contribution is 0.608. The largest absolute Gasteiger partial charge is 0.397 e. The van der Waals surface area contributed by atoms with E-state index in [0.29, 0.717) is 0 Å². The van der Waals surface area contributed by atoms with Gasteiger partial charge in [0.25, 0.3) is 0 Å². The number of imidazole rings is 1. The van der Waals surface area contributed by atoms with E-state index in [9.17, 15) is 0 Å². The van der Waals surface area contributed by atoms with E-state index in [-0.39, 0.29) is 6.04 Å². The van der Waals surface area contributed by atoms with Crippen LogP contribution in [-0.2, 0) is 0 Å². The normalized spacial score (nSPS) is 13.3. The van der Waals surface area contributed by atoms with E-state index >= 15 is 0 Å². The number of hydrogen-bond donors (Lipinski definition) is 2. The third-order valence-corrected chi connectivity index (χ3v) is 2.45. The molecule has 2 heterocycles. The van der Waals surface area contributed by atoms with Gasteiger partial charge in [-0.25, -0.2) is 4.98 Å². The number of pyridine rings is 1. The van der Waals surface area contributed by atoms with Crippen molar-refractivity contribution < 1.29 is 0 Å². The number of hydrogen-bond acceptors (Lipinski definition) is 3. The molecule has 4 nitrogen and oxygen atoms in total. The third kappa shape index (κ3) is 1.24. The first-order valence-electron chi connectivity index (χ1n) is 4.62. The van der Waals surface area contributed by atoms with Gasteiger partial charge in [0.1, 0.15) is 5.82 Å². The molecule has 0 fully saturated rings. The summed E-state index contributed by atoms with van der Waals surface area (Å²) >= 11 is 0. The molecule has 0 aromatic carbocycles. The average molecular weight is 190 g/mol. The van der Waals surface area contributed by atoms with Gasteiger partial charge in [0.05, 0.1) is 23.4 Å². The monoisotopic (exact) mass is 190 g/mol. The van der Waals surface area contributed by atoms with Crippen LogP contribution in [0.15, 0.2) is 24.5 Å². The Kier molecular flexibility index (Phi) is 2.13. The van der Waals surface area contributed by atoms with Crippen LogP contribution in [0, 0.1) is 0 Å². The number of nitrogens with one attached hydrogen (secondary N) is 1. The van der Waals surface area contributed by atoms with Crippen LogP contribution in [0.5, 0.6) is 0 Å². The summed E-state index contributed by atoms with van der Waals surface area (Å²) in [6.45, 7) is 2.07. The van der Waals surface area contributed by atoms with Crippen molar-refractivity contribution in [1.82, 2.24) is 14.7 Å². The van der Waals surface area contributed by atoms with E-state index in [2.05, 4.69) is 17.2 Å². The van der Waals surface area contributed by atoms with Crippen molar-refractivity contribution in [3.8, 4) is 0 Å². The van der Waals surface area contributed by atoms with Crippen LogP contribution in [0.3, 0.4) is 0 Å². The Morgan fingerprint density at radius 1 is 1.57 bits per heavy atom. The highest BCUT2D eigenvalue weighted by molar-refractivity contribution is 5.68. The number of nitrogens with two attached hydrogens (primary N) is 1. The SMILES string of the molecule is CNC(C)c1ncc2c(N)cccn12. The van der Waals surface area contributed by atoms with Gasteiger partial charge in [-0.2, -0.15) is 0 Å². The smallest absolute Gasteiger partial charge is 0.130 e. The van der Waals surface area contributed by atoms with E-state index in [1.807, 2.05) is 29.8 Å². The van der Waals surface area contributed by atoms with Crippen LogP contribution in [0.2, 0.25) is 0 Å². The highest BCUT2D eigenvalue weighted by atomic mass is 15.1. The fraction of sp³-hybridized carbons (Fsp3) is 0.300. The number of fused-ring (bicyclic) bond motifs is 1. The van der Waals surface area contributed by atoms with Gasteiger partial charge in [-0.3, -0.25) is 0 Å². The fourth-order valence-corrected chi connectivity index (χ4v) is 1.51. The fourth-order valence-electron chi connectivity index (χ4n) is 1.51. The van der Waals surface area contributed by atoms with Crippen molar-refractivity contribution in [2.75, 3.05) is 12.8 Å². The van der Waals surface area contributed by atoms with Gasteiger partial charge in [-0.1, -0.05) is 0 Å². The van der Waals surface area contributed by atoms with Crippen LogP contribution in [0.25, 0.3) is 5.52 Å². The Labute approximate surface area is 82.8 Å². The van der Waals surface area contributed by atoms with Gasteiger partial charge in [-0.05, 0) is 26.1 Å². The van der Waals surface area contributed by atoms with Crippen LogP contribution in [-0.4, -0.2) is 16.4 Å². The quantitative estimate of drug-likeness (QED) is 0.748. The lowest BCUT2D eigenvalue weighted by Crippen LogP contribution is -2.15. The molecule has 0 amide bonds. The average Bonchev–Trinajstić information content (AvgIpc) is 2.62. The molecule has 0 aliphatic carbocycles. The molecule has 1 unspecified atom stereocenters. The minimum absolute atomic E-state index is 0.222. The number of rotatable bonds is 2. The number of nitrogen functional groups attached to an aromatic ring is 1. The summed E-state index contributed by atoms with van der Waals surface area (Å²) in [6, 6.07) is 4.03. The summed E-state index contributed by atoms with van der Waals surface area (Å²) in [5.74, 6) is 0.981. The van der Waals surface area contributed by atoms with E-state index < -0.39 is 0 Å². The molecule has 3 N–H and O–H groups in total. The van der Waals surface area contributed by atoms with Crippen molar-refractivity contribution in [3.63, 3.8) is 0 Å². The van der Waals surface area contributed by atoms with Crippen LogP contribution in [0.4, 0.5) is 5.69 Å². The Morgan fingerprint density at radius 3 is 3.07 bits per heavy atom. The second-order valence-corrected chi connectivity index (χ2v) is 3.35. The van der Waals surface area contributed by atoms with Crippen molar-refractivity contribution in [2.24, 2.45) is 0 Å². The van der Waals surface area contributed by atoms with Crippen LogP contribution < -0.4 is 11.1 Å². The summed E-state index contributed by atoms with van der Waals surface area (Å²) in [5.41, 5.74) is 7.55. The van der Waals surface area contributed by atoms with Crippen molar-refractivity contribution in [1.29, 1.82) is 0 Å². The minimum atomic E-state index is 0.222. The van der Waals surface area contributed by atoms with Gasteiger partial charge in [0.15, 0.2) is 0 Å². The molecular formula is C10H14N4. The molecule has 0 spiro atoms. The number of nitrogens with zero attached hydrogens (tertiary/aromatic N) is 2. The Morgan fingerprint density at radius 2 is 2.36 bits per heavy atom.